The van der Waals surface area contributed by atoms with Gasteiger partial charge in [0.2, 0.25) is 5.91 Å². The van der Waals surface area contributed by atoms with Gasteiger partial charge in [0.1, 0.15) is 0 Å². The maximum absolute atomic E-state index is 12.0. The van der Waals surface area contributed by atoms with E-state index >= 15 is 0 Å². The third-order valence-electron chi connectivity index (χ3n) is 2.87. The highest BCUT2D eigenvalue weighted by molar-refractivity contribution is 5.92. The lowest BCUT2D eigenvalue weighted by molar-refractivity contribution is -0.115. The van der Waals surface area contributed by atoms with Crippen LogP contribution in [0.1, 0.15) is 24.3 Å². The van der Waals surface area contributed by atoms with Gasteiger partial charge in [0.25, 0.3) is 0 Å². The number of aromatic nitrogens is 1. The summed E-state index contributed by atoms with van der Waals surface area (Å²) < 4.78 is 0. The molecule has 2 aromatic rings. The number of nitrogens with two attached hydrogens (primary N) is 1. The molecule has 0 fully saturated rings. The van der Waals surface area contributed by atoms with Crippen molar-refractivity contribution < 1.29 is 9.90 Å². The number of hydrogen-bond donors (Lipinski definition) is 3. The van der Waals surface area contributed by atoms with Crippen LogP contribution in [0, 0.1) is 0 Å². The maximum Gasteiger partial charge on any atom is 0.230 e. The molecule has 1 unspecified atom stereocenters. The fourth-order valence-electron chi connectivity index (χ4n) is 1.87. The van der Waals surface area contributed by atoms with Crippen LogP contribution in [-0.4, -0.2) is 16.0 Å². The monoisotopic (exact) mass is 271 g/mol. The zero-order chi connectivity index (χ0) is 14.5. The molecule has 104 valence electrons. The van der Waals surface area contributed by atoms with E-state index in [1.165, 1.54) is 6.20 Å². The number of nitrogen functional groups attached to an aromatic ring is 1. The predicted octanol–water partition coefficient (Wildman–Crippen LogP) is 1.90. The van der Waals surface area contributed by atoms with Crippen LogP contribution in [0.3, 0.4) is 0 Å². The van der Waals surface area contributed by atoms with Gasteiger partial charge in [-0.15, -0.1) is 0 Å². The van der Waals surface area contributed by atoms with Gasteiger partial charge >= 0.3 is 0 Å². The topological polar surface area (TPSA) is 88.2 Å². The Kier molecular flexibility index (Phi) is 4.32. The Labute approximate surface area is 117 Å². The number of nitrogens with one attached hydrogen (secondary N) is 1. The van der Waals surface area contributed by atoms with Crippen molar-refractivity contribution in [3.05, 3.63) is 53.9 Å². The summed E-state index contributed by atoms with van der Waals surface area (Å²) in [5, 5.41) is 12.4. The third kappa shape index (κ3) is 3.55. The first-order chi connectivity index (χ1) is 9.56. The molecule has 0 saturated carbocycles. The van der Waals surface area contributed by atoms with E-state index in [0.717, 1.165) is 0 Å². The molecule has 5 nitrogen and oxygen atoms in total. The van der Waals surface area contributed by atoms with Gasteiger partial charge in [-0.05, 0) is 25.1 Å². The van der Waals surface area contributed by atoms with Crippen LogP contribution < -0.4 is 11.1 Å². The highest BCUT2D eigenvalue weighted by Crippen LogP contribution is 2.22. The highest BCUT2D eigenvalue weighted by atomic mass is 16.3. The summed E-state index contributed by atoms with van der Waals surface area (Å²) in [5.74, 6) is -0.185. The number of carbonyl (C=O) groups is 1. The van der Waals surface area contributed by atoms with E-state index in [1.54, 1.807) is 31.2 Å². The van der Waals surface area contributed by atoms with Gasteiger partial charge in [0, 0.05) is 16.9 Å². The Balaban J connectivity index is 2.07. The lowest BCUT2D eigenvalue weighted by atomic mass is 10.1. The molecule has 1 aromatic heterocycles. The molecule has 0 spiro atoms. The van der Waals surface area contributed by atoms with E-state index < -0.39 is 6.10 Å². The van der Waals surface area contributed by atoms with Gasteiger partial charge in [-0.25, -0.2) is 0 Å². The van der Waals surface area contributed by atoms with Gasteiger partial charge in [0.15, 0.2) is 0 Å². The average molecular weight is 271 g/mol. The Morgan fingerprint density at radius 3 is 2.75 bits per heavy atom. The lowest BCUT2D eigenvalue weighted by Crippen LogP contribution is -2.16. The van der Waals surface area contributed by atoms with Crippen molar-refractivity contribution in [2.24, 2.45) is 0 Å². The summed E-state index contributed by atoms with van der Waals surface area (Å²) in [7, 11) is 0. The number of rotatable bonds is 4. The first kappa shape index (κ1) is 14.0. The van der Waals surface area contributed by atoms with Crippen molar-refractivity contribution in [2.45, 2.75) is 19.4 Å². The number of anilines is 2. The summed E-state index contributed by atoms with van der Waals surface area (Å²) in [6.45, 7) is 1.66. The second kappa shape index (κ2) is 6.16. The number of pyridine rings is 1. The summed E-state index contributed by atoms with van der Waals surface area (Å²) >= 11 is 0. The molecule has 0 aliphatic carbocycles. The van der Waals surface area contributed by atoms with Crippen molar-refractivity contribution in [3.8, 4) is 0 Å². The van der Waals surface area contributed by atoms with E-state index in [9.17, 15) is 9.90 Å². The van der Waals surface area contributed by atoms with E-state index in [0.29, 0.717) is 22.6 Å². The SMILES string of the molecule is CC(O)c1ccccc1NC(=O)Cc1ccc(N)cn1. The zero-order valence-electron chi connectivity index (χ0n) is 11.2. The van der Waals surface area contributed by atoms with Crippen LogP contribution in [0.25, 0.3) is 0 Å². The number of amides is 1. The van der Waals surface area contributed by atoms with E-state index in [2.05, 4.69) is 10.3 Å². The van der Waals surface area contributed by atoms with Crippen molar-refractivity contribution in [1.29, 1.82) is 0 Å². The van der Waals surface area contributed by atoms with E-state index in [-0.39, 0.29) is 12.3 Å². The molecule has 0 saturated heterocycles. The van der Waals surface area contributed by atoms with Crippen molar-refractivity contribution in [1.82, 2.24) is 4.98 Å². The molecule has 2 rings (SSSR count). The minimum Gasteiger partial charge on any atom is -0.397 e. The van der Waals surface area contributed by atoms with Gasteiger partial charge in [-0.2, -0.15) is 0 Å². The van der Waals surface area contributed by atoms with Gasteiger partial charge < -0.3 is 16.2 Å². The second-order valence-electron chi connectivity index (χ2n) is 4.57. The number of carbonyl (C=O) groups excluding carboxylic acids is 1. The molecule has 1 atom stereocenters. The number of aliphatic hydroxyl groups is 1. The number of hydrogen-bond acceptors (Lipinski definition) is 4. The fourth-order valence-corrected chi connectivity index (χ4v) is 1.87. The van der Waals surface area contributed by atoms with Crippen molar-refractivity contribution in [3.63, 3.8) is 0 Å². The van der Waals surface area contributed by atoms with Crippen LogP contribution >= 0.6 is 0 Å². The maximum atomic E-state index is 12.0. The number of nitrogens with zero attached hydrogens (tertiary/aromatic N) is 1. The van der Waals surface area contributed by atoms with Crippen molar-refractivity contribution >= 4 is 17.3 Å². The molecule has 0 aliphatic heterocycles. The quantitative estimate of drug-likeness (QED) is 0.792. The molecule has 5 heteroatoms. The van der Waals surface area contributed by atoms with Crippen molar-refractivity contribution in [2.75, 3.05) is 11.1 Å². The lowest BCUT2D eigenvalue weighted by Gasteiger charge is -2.12. The molecule has 20 heavy (non-hydrogen) atoms. The fraction of sp³-hybridized carbons (Fsp3) is 0.200. The second-order valence-corrected chi connectivity index (χ2v) is 4.57. The molecule has 0 bridgehead atoms. The largest absolute Gasteiger partial charge is 0.397 e. The van der Waals surface area contributed by atoms with Gasteiger partial charge in [-0.1, -0.05) is 18.2 Å². The first-order valence-corrected chi connectivity index (χ1v) is 6.33. The highest BCUT2D eigenvalue weighted by Gasteiger charge is 2.10. The number of aliphatic hydroxyl groups excluding tert-OH is 1. The Morgan fingerprint density at radius 1 is 1.35 bits per heavy atom. The Morgan fingerprint density at radius 2 is 2.10 bits per heavy atom. The number of para-hydroxylation sites is 1. The summed E-state index contributed by atoms with van der Waals surface area (Å²) in [4.78, 5) is 16.1. The zero-order valence-corrected chi connectivity index (χ0v) is 11.2. The minimum absolute atomic E-state index is 0.161. The van der Waals surface area contributed by atoms with E-state index in [1.807, 2.05) is 12.1 Å². The molecule has 1 amide bonds. The molecule has 1 aromatic carbocycles. The summed E-state index contributed by atoms with van der Waals surface area (Å²) in [5.41, 5.74) is 8.05. The minimum atomic E-state index is -0.638. The molecule has 4 N–H and O–H groups in total. The van der Waals surface area contributed by atoms with Gasteiger partial charge in [0.05, 0.1) is 24.4 Å². The van der Waals surface area contributed by atoms with Crippen LogP contribution in [0.4, 0.5) is 11.4 Å². The van der Waals surface area contributed by atoms with E-state index in [4.69, 9.17) is 5.73 Å². The third-order valence-corrected chi connectivity index (χ3v) is 2.87. The van der Waals surface area contributed by atoms with Crippen LogP contribution in [0.2, 0.25) is 0 Å². The molecule has 1 heterocycles. The van der Waals surface area contributed by atoms with Crippen LogP contribution in [-0.2, 0) is 11.2 Å². The van der Waals surface area contributed by atoms with Gasteiger partial charge in [-0.3, -0.25) is 9.78 Å². The molecular formula is C15H17N3O2. The first-order valence-electron chi connectivity index (χ1n) is 6.33. The standard InChI is InChI=1S/C15H17N3O2/c1-10(19)13-4-2-3-5-14(13)18-15(20)8-12-7-6-11(16)9-17-12/h2-7,9-10,19H,8,16H2,1H3,(H,18,20). The molecule has 0 aliphatic rings. The summed E-state index contributed by atoms with van der Waals surface area (Å²) in [6.07, 6.45) is 1.04. The summed E-state index contributed by atoms with van der Waals surface area (Å²) in [6, 6.07) is 10.6. The number of benzene rings is 1. The predicted molar refractivity (Wildman–Crippen MR) is 78.1 cm³/mol. The normalized spacial score (nSPS) is 11.9. The van der Waals surface area contributed by atoms with Crippen LogP contribution in [0.15, 0.2) is 42.6 Å². The molecular weight excluding hydrogens is 254 g/mol. The smallest absolute Gasteiger partial charge is 0.230 e. The Hall–Kier alpha value is -2.40. The molecule has 0 radical (unpaired) electrons. The average Bonchev–Trinajstić information content (AvgIpc) is 2.41. The van der Waals surface area contributed by atoms with Crippen LogP contribution in [0.5, 0.6) is 0 Å². The Bertz CT molecular complexity index is 594.